The second-order valence-corrected chi connectivity index (χ2v) is 9.31. The van der Waals surface area contributed by atoms with Crippen LogP contribution in [0.2, 0.25) is 0 Å². The first-order valence-electron chi connectivity index (χ1n) is 13.1. The van der Waals surface area contributed by atoms with Crippen molar-refractivity contribution in [2.24, 2.45) is 0 Å². The van der Waals surface area contributed by atoms with Gasteiger partial charge in [-0.2, -0.15) is 0 Å². The minimum atomic E-state index is -0.537. The molecule has 0 aromatic heterocycles. The van der Waals surface area contributed by atoms with Gasteiger partial charge >= 0.3 is 17.9 Å². The lowest BCUT2D eigenvalue weighted by molar-refractivity contribution is -0.139. The van der Waals surface area contributed by atoms with E-state index in [1.165, 1.54) is 13.2 Å². The summed E-state index contributed by atoms with van der Waals surface area (Å²) >= 11 is 0. The van der Waals surface area contributed by atoms with E-state index in [2.05, 4.69) is 6.58 Å². The van der Waals surface area contributed by atoms with Crippen LogP contribution in [0, 0.1) is 0 Å². The topological polar surface area (TPSA) is 101 Å². The van der Waals surface area contributed by atoms with Crippen molar-refractivity contribution in [3.8, 4) is 17.2 Å². The monoisotopic (exact) mass is 553 g/mol. The molecule has 2 aromatic rings. The smallest absolute Gasteiger partial charge is 0.343 e. The van der Waals surface area contributed by atoms with Gasteiger partial charge in [0.15, 0.2) is 11.5 Å². The summed E-state index contributed by atoms with van der Waals surface area (Å²) in [7, 11) is 5.27. The Bertz CT molecular complexity index is 1150. The molecule has 2 aromatic carbocycles. The van der Waals surface area contributed by atoms with Crippen molar-refractivity contribution < 1.29 is 38.1 Å². The molecule has 0 aliphatic rings. The average Bonchev–Trinajstić information content (AvgIpc) is 2.93. The highest BCUT2D eigenvalue weighted by Crippen LogP contribution is 2.29. The fourth-order valence-electron chi connectivity index (χ4n) is 3.30. The zero-order valence-electron chi connectivity index (χ0n) is 23.8. The van der Waals surface area contributed by atoms with Crippen LogP contribution in [0.3, 0.4) is 0 Å². The highest BCUT2D eigenvalue weighted by atomic mass is 16.6. The van der Waals surface area contributed by atoms with Crippen LogP contribution in [-0.2, 0) is 19.1 Å². The molecule has 0 N–H and O–H groups in total. The predicted octanol–water partition coefficient (Wildman–Crippen LogP) is 5.09. The van der Waals surface area contributed by atoms with Crippen molar-refractivity contribution in [2.45, 2.75) is 32.6 Å². The van der Waals surface area contributed by atoms with Crippen LogP contribution in [0.25, 0.3) is 6.08 Å². The number of rotatable bonds is 17. The maximum absolute atomic E-state index is 12.7. The number of carbonyl (C=O) groups is 3. The van der Waals surface area contributed by atoms with Gasteiger partial charge in [-0.15, -0.1) is 0 Å². The fourth-order valence-corrected chi connectivity index (χ4v) is 3.30. The van der Waals surface area contributed by atoms with Crippen molar-refractivity contribution in [3.05, 3.63) is 71.8 Å². The largest absolute Gasteiger partial charge is 0.494 e. The van der Waals surface area contributed by atoms with Crippen LogP contribution in [0.4, 0.5) is 0 Å². The van der Waals surface area contributed by atoms with Gasteiger partial charge in [0.1, 0.15) is 12.4 Å². The molecule has 0 aliphatic carbocycles. The highest BCUT2D eigenvalue weighted by Gasteiger charge is 2.13. The van der Waals surface area contributed by atoms with Gasteiger partial charge in [-0.3, -0.25) is 0 Å². The predicted molar refractivity (Wildman–Crippen MR) is 153 cm³/mol. The molecule has 0 aliphatic heterocycles. The Morgan fingerprint density at radius 3 is 2.23 bits per heavy atom. The van der Waals surface area contributed by atoms with E-state index < -0.39 is 11.9 Å². The van der Waals surface area contributed by atoms with E-state index in [4.69, 9.17) is 23.7 Å². The zero-order valence-corrected chi connectivity index (χ0v) is 23.8. The number of hydrogen-bond acceptors (Lipinski definition) is 9. The maximum Gasteiger partial charge on any atom is 0.343 e. The van der Waals surface area contributed by atoms with Gasteiger partial charge in [-0.1, -0.05) is 12.6 Å². The minimum Gasteiger partial charge on any atom is -0.494 e. The maximum atomic E-state index is 12.7. The van der Waals surface area contributed by atoms with Gasteiger partial charge < -0.3 is 28.6 Å². The SMILES string of the molecule is C=C(C)C(=O)OCCCCCCOc1ccc(C(=O)Oc2ccc(/C=C/C(=O)OCCN(C)C)cc2OC)cc1. The number of methoxy groups -OCH3 is 1. The Balaban J connectivity index is 1.78. The molecule has 0 unspecified atom stereocenters. The van der Waals surface area contributed by atoms with Gasteiger partial charge in [-0.05, 0) is 94.7 Å². The normalized spacial score (nSPS) is 10.8. The molecular formula is C31H39NO8. The Morgan fingerprint density at radius 2 is 1.57 bits per heavy atom. The third-order valence-corrected chi connectivity index (χ3v) is 5.56. The van der Waals surface area contributed by atoms with E-state index in [0.717, 1.165) is 25.7 Å². The Kier molecular flexibility index (Phi) is 14.0. The molecule has 9 heteroatoms. The molecule has 9 nitrogen and oxygen atoms in total. The van der Waals surface area contributed by atoms with E-state index in [0.29, 0.717) is 54.6 Å². The molecule has 0 amide bonds. The quantitative estimate of drug-likeness (QED) is 0.115. The van der Waals surface area contributed by atoms with Crippen LogP contribution in [0.1, 0.15) is 48.5 Å². The highest BCUT2D eigenvalue weighted by molar-refractivity contribution is 5.91. The minimum absolute atomic E-state index is 0.257. The van der Waals surface area contributed by atoms with Crippen LogP contribution in [0.5, 0.6) is 17.2 Å². The number of esters is 3. The van der Waals surface area contributed by atoms with Crippen LogP contribution >= 0.6 is 0 Å². The third kappa shape index (κ3) is 12.2. The van der Waals surface area contributed by atoms with Crippen molar-refractivity contribution >= 4 is 24.0 Å². The number of nitrogens with zero attached hydrogens (tertiary/aromatic N) is 1. The number of ether oxygens (including phenoxy) is 5. The molecule has 0 spiro atoms. The lowest BCUT2D eigenvalue weighted by Crippen LogP contribution is -2.19. The van der Waals surface area contributed by atoms with Gasteiger partial charge in [0.2, 0.25) is 0 Å². The Hall–Kier alpha value is -4.11. The van der Waals surface area contributed by atoms with Gasteiger partial charge in [0, 0.05) is 18.2 Å². The summed E-state index contributed by atoms with van der Waals surface area (Å²) in [5, 5.41) is 0. The molecule has 216 valence electrons. The first kappa shape index (κ1) is 32.1. The number of carbonyl (C=O) groups excluding carboxylic acids is 3. The first-order valence-corrected chi connectivity index (χ1v) is 13.1. The van der Waals surface area contributed by atoms with Crippen molar-refractivity contribution in [2.75, 3.05) is 47.6 Å². The molecule has 0 fully saturated rings. The molecule has 2 rings (SSSR count). The summed E-state index contributed by atoms with van der Waals surface area (Å²) in [6.07, 6.45) is 6.48. The Labute approximate surface area is 236 Å². The summed E-state index contributed by atoms with van der Waals surface area (Å²) in [5.41, 5.74) is 1.46. The number of hydrogen-bond donors (Lipinski definition) is 0. The fraction of sp³-hybridized carbons (Fsp3) is 0.387. The molecule has 0 bridgehead atoms. The molecular weight excluding hydrogens is 514 g/mol. The van der Waals surface area contributed by atoms with Crippen molar-refractivity contribution in [1.82, 2.24) is 4.90 Å². The van der Waals surface area contributed by atoms with E-state index in [1.807, 2.05) is 19.0 Å². The van der Waals surface area contributed by atoms with Gasteiger partial charge in [-0.25, -0.2) is 14.4 Å². The van der Waals surface area contributed by atoms with Crippen LogP contribution in [-0.4, -0.2) is 70.4 Å². The molecule has 0 atom stereocenters. The number of benzene rings is 2. The second-order valence-electron chi connectivity index (χ2n) is 9.31. The molecule has 0 heterocycles. The van der Waals surface area contributed by atoms with E-state index in [-0.39, 0.29) is 11.7 Å². The molecule has 0 saturated carbocycles. The third-order valence-electron chi connectivity index (χ3n) is 5.56. The lowest BCUT2D eigenvalue weighted by Gasteiger charge is -2.11. The van der Waals surface area contributed by atoms with Gasteiger partial charge in [0.25, 0.3) is 0 Å². The molecule has 0 radical (unpaired) electrons. The zero-order chi connectivity index (χ0) is 29.3. The average molecular weight is 554 g/mol. The lowest BCUT2D eigenvalue weighted by atomic mass is 10.2. The van der Waals surface area contributed by atoms with E-state index >= 15 is 0 Å². The summed E-state index contributed by atoms with van der Waals surface area (Å²) < 4.78 is 26.8. The summed E-state index contributed by atoms with van der Waals surface area (Å²) in [4.78, 5) is 37.8. The summed E-state index contributed by atoms with van der Waals surface area (Å²) in [6, 6.07) is 11.7. The van der Waals surface area contributed by atoms with E-state index in [9.17, 15) is 14.4 Å². The van der Waals surface area contributed by atoms with Crippen molar-refractivity contribution in [3.63, 3.8) is 0 Å². The Morgan fingerprint density at radius 1 is 0.875 bits per heavy atom. The number of unbranched alkanes of at least 4 members (excludes halogenated alkanes) is 3. The van der Waals surface area contributed by atoms with Gasteiger partial charge in [0.05, 0.1) is 25.9 Å². The first-order chi connectivity index (χ1) is 19.2. The second kappa shape index (κ2) is 17.5. The molecule has 0 saturated heterocycles. The standard InChI is InChI=1S/C31H39NO8/c1-23(2)30(34)39-20-9-7-6-8-19-37-26-14-12-25(13-15-26)31(35)40-27-16-10-24(22-28(27)36-5)11-17-29(33)38-21-18-32(3)4/h10-17,22H,1,6-9,18-21H2,2-5H3/b17-11+. The van der Waals surface area contributed by atoms with Crippen LogP contribution in [0.15, 0.2) is 60.7 Å². The molecule has 40 heavy (non-hydrogen) atoms. The van der Waals surface area contributed by atoms with Crippen molar-refractivity contribution in [1.29, 1.82) is 0 Å². The summed E-state index contributed by atoms with van der Waals surface area (Å²) in [6.45, 7) is 7.06. The van der Waals surface area contributed by atoms with E-state index in [1.54, 1.807) is 55.5 Å². The van der Waals surface area contributed by atoms with Crippen LogP contribution < -0.4 is 14.2 Å². The number of likely N-dealkylation sites (N-methyl/N-ethyl adjacent to an activating group) is 1. The summed E-state index contributed by atoms with van der Waals surface area (Å²) in [5.74, 6) is -0.0703.